The molecule has 9 aromatic carbocycles. The Hall–Kier alpha value is -7.62. The van der Waals surface area contributed by atoms with Crippen molar-refractivity contribution >= 4 is 65.4 Å². The summed E-state index contributed by atoms with van der Waals surface area (Å²) in [6.07, 6.45) is 0. The van der Waals surface area contributed by atoms with Crippen LogP contribution < -0.4 is 0 Å². The molecule has 0 saturated heterocycles. The number of fused-ring (bicyclic) bond motifs is 9. The lowest BCUT2D eigenvalue weighted by molar-refractivity contribution is 1.13. The molecule has 0 unspecified atom stereocenters. The highest BCUT2D eigenvalue weighted by atomic mass is 15.1. The summed E-state index contributed by atoms with van der Waals surface area (Å²) in [6.45, 7) is 0. The smallest absolute Gasteiger partial charge is 0.0782 e. The van der Waals surface area contributed by atoms with Crippen molar-refractivity contribution in [1.29, 1.82) is 0 Å². The second-order valence-corrected chi connectivity index (χ2v) is 12.3. The summed E-state index contributed by atoms with van der Waals surface area (Å²) >= 11 is 0. The van der Waals surface area contributed by atoms with Crippen LogP contribution in [0.2, 0.25) is 0 Å². The highest BCUT2D eigenvalue weighted by molar-refractivity contribution is 6.18. The van der Waals surface area contributed by atoms with Crippen molar-refractivity contribution in [3.05, 3.63) is 211 Å². The number of hydrogen-bond acceptors (Lipinski definition) is 0. The first-order valence-corrected chi connectivity index (χ1v) is 16.8. The number of aromatic nitrogens is 3. The van der Waals surface area contributed by atoms with Crippen molar-refractivity contribution in [3.8, 4) is 39.3 Å². The van der Waals surface area contributed by atoms with Crippen LogP contribution in [0.15, 0.2) is 211 Å². The van der Waals surface area contributed by atoms with E-state index in [2.05, 4.69) is 0 Å². The summed E-state index contributed by atoms with van der Waals surface area (Å²) in [5.41, 5.74) is -11.0. The van der Waals surface area contributed by atoms with Crippen LogP contribution in [0.25, 0.3) is 105 Å². The minimum atomic E-state index is -1.24. The van der Waals surface area contributed by atoms with Crippen LogP contribution in [0.3, 0.4) is 0 Å². The third-order valence-corrected chi connectivity index (χ3v) is 9.34. The van der Waals surface area contributed by atoms with E-state index in [1.54, 1.807) is 0 Å². The summed E-state index contributed by atoms with van der Waals surface area (Å²) in [6, 6.07) is -35.9. The molecular weight excluding hydrogens is 691 g/mol. The van der Waals surface area contributed by atoms with E-state index in [-0.39, 0.29) is 0 Å². The van der Waals surface area contributed by atoms with Gasteiger partial charge < -0.3 is 13.7 Å². The molecule has 0 atom stereocenters. The van der Waals surface area contributed by atoms with Crippen molar-refractivity contribution in [2.45, 2.75) is 0 Å². The molecule has 0 aliphatic rings. The van der Waals surface area contributed by atoms with E-state index in [4.69, 9.17) is 23.3 Å². The first-order valence-electron chi connectivity index (χ1n) is 34.3. The van der Waals surface area contributed by atoms with E-state index < -0.39 is 316 Å². The van der Waals surface area contributed by atoms with Crippen molar-refractivity contribution in [1.82, 2.24) is 13.7 Å². The molecule has 0 fully saturated rings. The average Bonchev–Trinajstić information content (AvgIpc) is 1.50. The summed E-state index contributed by atoms with van der Waals surface area (Å²) in [5, 5.41) is -4.07. The fourth-order valence-corrected chi connectivity index (χ4v) is 7.01. The van der Waals surface area contributed by atoms with Gasteiger partial charge in [-0.05, 0) is 76.6 Å². The Morgan fingerprint density at radius 3 is 1.26 bits per heavy atom. The molecule has 0 N–H and O–H groups in total. The van der Waals surface area contributed by atoms with E-state index in [9.17, 15) is 24.7 Å². The molecule has 57 heavy (non-hydrogen) atoms. The third kappa shape index (κ3) is 4.73. The Bertz CT molecular complexity index is 5420. The van der Waals surface area contributed by atoms with E-state index in [1.807, 2.05) is 0 Å². The molecule has 3 heterocycles. The van der Waals surface area contributed by atoms with Crippen LogP contribution in [0.4, 0.5) is 0 Å². The highest BCUT2D eigenvalue weighted by Crippen LogP contribution is 2.43. The molecule has 0 aliphatic carbocycles. The molecule has 12 rings (SSSR count). The van der Waals surface area contributed by atoms with Gasteiger partial charge in [0, 0.05) is 38.0 Å². The van der Waals surface area contributed by atoms with E-state index in [0.29, 0.717) is 9.13 Å². The van der Waals surface area contributed by atoms with Gasteiger partial charge in [-0.15, -0.1) is 0 Å². The van der Waals surface area contributed by atoms with Crippen molar-refractivity contribution in [3.63, 3.8) is 0 Å². The SMILES string of the molecule is [2H]c1c([2H])c([2H])c(-c2c([2H])c([2H])c(-c3c([2H])c([2H])c(-n4c5c([2H])c([2H])c([2H])c([2H])c5c5c([2H])c([2H])c([2H])c(-n6c7c([2H])c([2H])c([2H])c([2H])c7c7c(-n8c9c([2H])c([2H])c([2H])c([2H])c9c9c([2H])c([2H])c([2H])c([2H])c98)c([2H])c([2H])c([2H])c76)c54)c([2H])c3[2H])c([2H])c2[2H])c([2H])c1[2H]. The van der Waals surface area contributed by atoms with Gasteiger partial charge >= 0.3 is 0 Å². The van der Waals surface area contributed by atoms with Gasteiger partial charge in [0.1, 0.15) is 0 Å². The normalized spacial score (nSPS) is 20.5. The standard InChI is InChI=1S/C54H35N3/c1-2-14-36(15-3-1)37-28-30-38(31-29-37)39-32-34-40(35-33-39)55-46-21-8-6-18-43(46)44-20-12-27-52(54(44)55)57-49-24-11-7-19-45(49)53-50(25-13-26-51(53)57)56-47-22-9-4-16-41(47)42-17-5-10-23-48(42)56/h1-35H/i1D,2D,3D,4D,5D,6D,7D,8D,9D,10D,11D,12D,13D,14D,15D,16D,17D,18D,19D,20D,21D,22D,23D,24D,25D,26D,27D,28D,29D,30D,31D,32D,33D,34D,35D. The van der Waals surface area contributed by atoms with Gasteiger partial charge in [0.25, 0.3) is 0 Å². The molecule has 12 aromatic rings. The zero-order valence-electron chi connectivity index (χ0n) is 63.3. The summed E-state index contributed by atoms with van der Waals surface area (Å²) < 4.78 is 322. The molecule has 3 heteroatoms. The quantitative estimate of drug-likeness (QED) is 0.166. The van der Waals surface area contributed by atoms with Crippen LogP contribution in [-0.4, -0.2) is 13.7 Å². The number of benzene rings is 9. The average molecular weight is 761 g/mol. The molecule has 0 spiro atoms. The first kappa shape index (κ1) is 12.7. The van der Waals surface area contributed by atoms with Gasteiger partial charge in [0.05, 0.1) is 92.5 Å². The van der Waals surface area contributed by atoms with Gasteiger partial charge in [-0.1, -0.05) is 157 Å². The van der Waals surface area contributed by atoms with Crippen LogP contribution in [0.5, 0.6) is 0 Å². The van der Waals surface area contributed by atoms with Crippen molar-refractivity contribution < 1.29 is 48.0 Å². The number of nitrogens with zero attached hydrogens (tertiary/aromatic N) is 3. The minimum Gasteiger partial charge on any atom is -0.309 e. The maximum Gasteiger partial charge on any atom is 0.0782 e. The second-order valence-electron chi connectivity index (χ2n) is 12.3. The molecule has 3 aromatic heterocycles. The lowest BCUT2D eigenvalue weighted by Crippen LogP contribution is -2.01. The lowest BCUT2D eigenvalue weighted by Gasteiger charge is -2.15. The number of hydrogen-bond donors (Lipinski definition) is 0. The Morgan fingerprint density at radius 2 is 0.649 bits per heavy atom. The molecule has 0 bridgehead atoms. The van der Waals surface area contributed by atoms with Crippen LogP contribution in [0.1, 0.15) is 48.0 Å². The zero-order chi connectivity index (χ0) is 67.9. The van der Waals surface area contributed by atoms with Gasteiger partial charge in [0.15, 0.2) is 0 Å². The predicted octanol–water partition coefficient (Wildman–Crippen LogP) is 14.3. The number of para-hydroxylation sites is 5. The summed E-state index contributed by atoms with van der Waals surface area (Å²) in [5.74, 6) is 0. The van der Waals surface area contributed by atoms with E-state index >= 15 is 0 Å². The third-order valence-electron chi connectivity index (χ3n) is 9.34. The summed E-state index contributed by atoms with van der Waals surface area (Å²) in [4.78, 5) is 0. The maximum absolute atomic E-state index is 9.90. The molecule has 3 nitrogen and oxygen atoms in total. The fraction of sp³-hybridized carbons (Fsp3) is 0. The first-order chi connectivity index (χ1) is 42.9. The topological polar surface area (TPSA) is 14.8 Å². The van der Waals surface area contributed by atoms with Crippen molar-refractivity contribution in [2.75, 3.05) is 0 Å². The van der Waals surface area contributed by atoms with Gasteiger partial charge in [0.2, 0.25) is 0 Å². The monoisotopic (exact) mass is 761 g/mol. The predicted molar refractivity (Wildman–Crippen MR) is 240 cm³/mol. The zero-order valence-corrected chi connectivity index (χ0v) is 28.3. The van der Waals surface area contributed by atoms with Gasteiger partial charge in [-0.2, -0.15) is 0 Å². The lowest BCUT2D eigenvalue weighted by atomic mass is 10.0. The van der Waals surface area contributed by atoms with Gasteiger partial charge in [-0.25, -0.2) is 0 Å². The van der Waals surface area contributed by atoms with Crippen LogP contribution in [0, 0.1) is 0 Å². The Balaban J connectivity index is 1.33. The Morgan fingerprint density at radius 1 is 0.263 bits per heavy atom. The Labute approximate surface area is 378 Å². The molecule has 0 saturated carbocycles. The molecule has 0 amide bonds. The maximum atomic E-state index is 9.90. The van der Waals surface area contributed by atoms with Gasteiger partial charge in [-0.3, -0.25) is 0 Å². The molecular formula is C54H35N3. The Kier molecular flexibility index (Phi) is 2.78. The van der Waals surface area contributed by atoms with E-state index in [1.165, 1.54) is 0 Å². The largest absolute Gasteiger partial charge is 0.309 e. The second kappa shape index (κ2) is 12.5. The molecule has 0 radical (unpaired) electrons. The molecule has 266 valence electrons. The van der Waals surface area contributed by atoms with E-state index in [0.717, 1.165) is 4.57 Å². The molecule has 0 aliphatic heterocycles. The van der Waals surface area contributed by atoms with Crippen LogP contribution >= 0.6 is 0 Å². The van der Waals surface area contributed by atoms with Crippen molar-refractivity contribution in [2.24, 2.45) is 0 Å². The highest BCUT2D eigenvalue weighted by Gasteiger charge is 2.22. The minimum absolute atomic E-state index is 0.559. The summed E-state index contributed by atoms with van der Waals surface area (Å²) in [7, 11) is 0. The number of rotatable bonds is 5. The van der Waals surface area contributed by atoms with Crippen LogP contribution in [-0.2, 0) is 0 Å². The fourth-order valence-electron chi connectivity index (χ4n) is 7.01.